The first-order valence-electron chi connectivity index (χ1n) is 8.38. The summed E-state index contributed by atoms with van der Waals surface area (Å²) in [6.07, 6.45) is 4.06. The molecule has 0 saturated carbocycles. The third-order valence-corrected chi connectivity index (χ3v) is 4.76. The summed E-state index contributed by atoms with van der Waals surface area (Å²) >= 11 is 1.68. The summed E-state index contributed by atoms with van der Waals surface area (Å²) in [5.41, 5.74) is 4.29. The van der Waals surface area contributed by atoms with E-state index in [1.54, 1.807) is 18.4 Å². The Balaban J connectivity index is 1.56. The molecule has 3 aromatic rings. The lowest BCUT2D eigenvalue weighted by Crippen LogP contribution is -2.36. The van der Waals surface area contributed by atoms with Gasteiger partial charge in [-0.1, -0.05) is 13.8 Å². The lowest BCUT2D eigenvalue weighted by molar-refractivity contribution is 0.780. The third-order valence-electron chi connectivity index (χ3n) is 3.89. The Labute approximate surface area is 152 Å². The van der Waals surface area contributed by atoms with Gasteiger partial charge in [-0.3, -0.25) is 4.99 Å². The highest BCUT2D eigenvalue weighted by molar-refractivity contribution is 7.09. The van der Waals surface area contributed by atoms with Crippen LogP contribution < -0.4 is 10.6 Å². The van der Waals surface area contributed by atoms with Gasteiger partial charge in [-0.2, -0.15) is 0 Å². The van der Waals surface area contributed by atoms with E-state index in [2.05, 4.69) is 63.9 Å². The Bertz CT molecular complexity index is 877. The molecule has 3 aromatic heterocycles. The maximum atomic E-state index is 4.63. The van der Waals surface area contributed by atoms with Crippen LogP contribution in [0.5, 0.6) is 0 Å². The van der Waals surface area contributed by atoms with Crippen LogP contribution in [0.15, 0.2) is 34.9 Å². The Hall–Kier alpha value is -2.41. The van der Waals surface area contributed by atoms with Crippen molar-refractivity contribution in [3.8, 4) is 0 Å². The number of aliphatic imine (C=N–C) groups is 1. The molecule has 3 rings (SSSR count). The van der Waals surface area contributed by atoms with Crippen LogP contribution in [0.25, 0.3) is 5.65 Å². The van der Waals surface area contributed by atoms with Crippen LogP contribution in [0.1, 0.15) is 41.7 Å². The molecule has 0 aliphatic rings. The molecule has 0 amide bonds. The molecule has 0 atom stereocenters. The monoisotopic (exact) mass is 356 g/mol. The molecular weight excluding hydrogens is 332 g/mol. The first-order chi connectivity index (χ1) is 12.0. The Morgan fingerprint density at radius 3 is 2.80 bits per heavy atom. The van der Waals surface area contributed by atoms with E-state index < -0.39 is 0 Å². The van der Waals surface area contributed by atoms with E-state index >= 15 is 0 Å². The number of pyridine rings is 1. The second kappa shape index (κ2) is 7.65. The van der Waals surface area contributed by atoms with Crippen LogP contribution in [-0.4, -0.2) is 27.4 Å². The summed E-state index contributed by atoms with van der Waals surface area (Å²) in [4.78, 5) is 13.5. The fraction of sp³-hybridized carbons (Fsp3) is 0.389. The predicted molar refractivity (Wildman–Crippen MR) is 103 cm³/mol. The van der Waals surface area contributed by atoms with Gasteiger partial charge in [0, 0.05) is 24.8 Å². The van der Waals surface area contributed by atoms with Crippen molar-refractivity contribution in [2.45, 2.75) is 39.8 Å². The number of nitrogens with one attached hydrogen (secondary N) is 2. The van der Waals surface area contributed by atoms with E-state index in [0.29, 0.717) is 19.0 Å². The minimum Gasteiger partial charge on any atom is -0.351 e. The van der Waals surface area contributed by atoms with E-state index in [1.807, 2.05) is 16.8 Å². The molecule has 2 N–H and O–H groups in total. The number of hydrogen-bond acceptors (Lipinski definition) is 4. The van der Waals surface area contributed by atoms with Crippen LogP contribution in [0.4, 0.5) is 0 Å². The molecule has 3 heterocycles. The van der Waals surface area contributed by atoms with Crippen molar-refractivity contribution in [2.24, 2.45) is 4.99 Å². The van der Waals surface area contributed by atoms with Crippen LogP contribution in [0.3, 0.4) is 0 Å². The Kier molecular flexibility index (Phi) is 5.33. The number of rotatable bonds is 5. The van der Waals surface area contributed by atoms with Gasteiger partial charge in [-0.15, -0.1) is 11.3 Å². The van der Waals surface area contributed by atoms with Crippen molar-refractivity contribution >= 4 is 22.9 Å². The Morgan fingerprint density at radius 1 is 1.28 bits per heavy atom. The van der Waals surface area contributed by atoms with Crippen LogP contribution >= 0.6 is 11.3 Å². The number of imidazole rings is 1. The molecule has 0 aliphatic carbocycles. The summed E-state index contributed by atoms with van der Waals surface area (Å²) in [5, 5.41) is 9.79. The standard InChI is InChI=1S/C18H24N6S/c1-12(2)15-11-25-17(23-15)9-21-18(19-4)20-8-14-10-24-6-5-13(3)7-16(24)22-14/h5-7,10-12H,8-9H2,1-4H3,(H2,19,20,21). The highest BCUT2D eigenvalue weighted by Crippen LogP contribution is 2.17. The molecule has 0 saturated heterocycles. The highest BCUT2D eigenvalue weighted by atomic mass is 32.1. The summed E-state index contributed by atoms with van der Waals surface area (Å²) in [6, 6.07) is 4.15. The van der Waals surface area contributed by atoms with Gasteiger partial charge < -0.3 is 15.0 Å². The normalized spacial score (nSPS) is 12.1. The first kappa shape index (κ1) is 17.4. The van der Waals surface area contributed by atoms with E-state index in [1.165, 1.54) is 5.56 Å². The minimum absolute atomic E-state index is 0.459. The van der Waals surface area contributed by atoms with Crippen molar-refractivity contribution in [1.29, 1.82) is 0 Å². The molecule has 0 aromatic carbocycles. The number of nitrogens with zero attached hydrogens (tertiary/aromatic N) is 4. The molecule has 0 spiro atoms. The van der Waals surface area contributed by atoms with Crippen molar-refractivity contribution in [1.82, 2.24) is 25.0 Å². The van der Waals surface area contributed by atoms with E-state index in [-0.39, 0.29) is 0 Å². The second-order valence-electron chi connectivity index (χ2n) is 6.30. The average Bonchev–Trinajstić information content (AvgIpc) is 3.21. The van der Waals surface area contributed by atoms with Gasteiger partial charge in [0.25, 0.3) is 0 Å². The quantitative estimate of drug-likeness (QED) is 0.545. The number of thiazole rings is 1. The summed E-state index contributed by atoms with van der Waals surface area (Å²) in [5.74, 6) is 1.20. The topological polar surface area (TPSA) is 66.6 Å². The Morgan fingerprint density at radius 2 is 2.08 bits per heavy atom. The summed E-state index contributed by atoms with van der Waals surface area (Å²) in [7, 11) is 1.77. The zero-order valence-electron chi connectivity index (χ0n) is 15.1. The predicted octanol–water partition coefficient (Wildman–Crippen LogP) is 3.09. The number of hydrogen-bond donors (Lipinski definition) is 2. The lowest BCUT2D eigenvalue weighted by atomic mass is 10.2. The van der Waals surface area contributed by atoms with Gasteiger partial charge in [0.2, 0.25) is 0 Å². The molecule has 0 bridgehead atoms. The zero-order chi connectivity index (χ0) is 17.8. The molecule has 0 unspecified atom stereocenters. The molecule has 0 radical (unpaired) electrons. The van der Waals surface area contributed by atoms with E-state index in [9.17, 15) is 0 Å². The third kappa shape index (κ3) is 4.36. The van der Waals surface area contributed by atoms with Crippen LogP contribution in [-0.2, 0) is 13.1 Å². The van der Waals surface area contributed by atoms with Crippen LogP contribution in [0, 0.1) is 6.92 Å². The molecule has 0 aliphatic heterocycles. The molecule has 7 heteroatoms. The van der Waals surface area contributed by atoms with Gasteiger partial charge in [-0.25, -0.2) is 9.97 Å². The average molecular weight is 356 g/mol. The lowest BCUT2D eigenvalue weighted by Gasteiger charge is -2.09. The van der Waals surface area contributed by atoms with Gasteiger partial charge in [-0.05, 0) is 30.5 Å². The van der Waals surface area contributed by atoms with E-state index in [0.717, 1.165) is 28.0 Å². The number of fused-ring (bicyclic) bond motifs is 1. The molecular formula is C18H24N6S. The van der Waals surface area contributed by atoms with Crippen molar-refractivity contribution < 1.29 is 0 Å². The number of guanidine groups is 1. The number of aryl methyl sites for hydroxylation is 1. The maximum absolute atomic E-state index is 4.63. The zero-order valence-corrected chi connectivity index (χ0v) is 15.9. The van der Waals surface area contributed by atoms with Crippen molar-refractivity contribution in [2.75, 3.05) is 7.05 Å². The van der Waals surface area contributed by atoms with E-state index in [4.69, 9.17) is 0 Å². The van der Waals surface area contributed by atoms with Gasteiger partial charge in [0.15, 0.2) is 5.96 Å². The summed E-state index contributed by atoms with van der Waals surface area (Å²) < 4.78 is 2.03. The second-order valence-corrected chi connectivity index (χ2v) is 7.24. The van der Waals surface area contributed by atoms with Gasteiger partial charge >= 0.3 is 0 Å². The first-order valence-corrected chi connectivity index (χ1v) is 9.26. The number of aromatic nitrogens is 3. The van der Waals surface area contributed by atoms with Gasteiger partial charge in [0.05, 0.1) is 24.5 Å². The van der Waals surface area contributed by atoms with Gasteiger partial charge in [0.1, 0.15) is 10.7 Å². The molecule has 132 valence electrons. The molecule has 6 nitrogen and oxygen atoms in total. The largest absolute Gasteiger partial charge is 0.351 e. The molecule has 0 fully saturated rings. The molecule has 25 heavy (non-hydrogen) atoms. The fourth-order valence-electron chi connectivity index (χ4n) is 2.45. The van der Waals surface area contributed by atoms with Crippen molar-refractivity contribution in [3.05, 3.63) is 51.9 Å². The smallest absolute Gasteiger partial charge is 0.191 e. The highest BCUT2D eigenvalue weighted by Gasteiger charge is 2.07. The SMILES string of the molecule is CN=C(NCc1cn2ccc(C)cc2n1)NCc1nc(C(C)C)cs1. The minimum atomic E-state index is 0.459. The van der Waals surface area contributed by atoms with Crippen LogP contribution in [0.2, 0.25) is 0 Å². The summed E-state index contributed by atoms with van der Waals surface area (Å²) in [6.45, 7) is 7.67. The van der Waals surface area contributed by atoms with Crippen molar-refractivity contribution in [3.63, 3.8) is 0 Å². The fourth-order valence-corrected chi connectivity index (χ4v) is 3.34. The maximum Gasteiger partial charge on any atom is 0.191 e.